The van der Waals surface area contributed by atoms with Crippen LogP contribution >= 0.6 is 0 Å². The number of benzene rings is 3. The number of fused-ring (bicyclic) bond motifs is 1. The second-order valence-corrected chi connectivity index (χ2v) is 8.43. The van der Waals surface area contributed by atoms with Crippen molar-refractivity contribution in [2.75, 3.05) is 19.6 Å². The molecule has 0 N–H and O–H groups in total. The first-order valence-corrected chi connectivity index (χ1v) is 11.1. The van der Waals surface area contributed by atoms with Gasteiger partial charge in [-0.15, -0.1) is 0 Å². The Hall–Kier alpha value is -3.11. The molecule has 2 saturated heterocycles. The van der Waals surface area contributed by atoms with Crippen LogP contribution in [-0.4, -0.2) is 47.7 Å². The van der Waals surface area contributed by atoms with Crippen LogP contribution in [-0.2, 0) is 11.2 Å². The van der Waals surface area contributed by atoms with Gasteiger partial charge in [-0.25, -0.2) is 4.79 Å². The molecule has 5 rings (SSSR count). The van der Waals surface area contributed by atoms with Crippen LogP contribution in [0, 0.1) is 0 Å². The summed E-state index contributed by atoms with van der Waals surface area (Å²) >= 11 is 0. The van der Waals surface area contributed by atoms with Crippen LogP contribution in [0.3, 0.4) is 0 Å². The highest BCUT2D eigenvalue weighted by molar-refractivity contribution is 5.71. The van der Waals surface area contributed by atoms with E-state index in [0.717, 1.165) is 25.9 Å². The Morgan fingerprint density at radius 1 is 0.839 bits per heavy atom. The summed E-state index contributed by atoms with van der Waals surface area (Å²) in [6, 6.07) is 31.9. The molecule has 1 amide bonds. The molecule has 4 heteroatoms. The molecule has 2 atom stereocenters. The van der Waals surface area contributed by atoms with Crippen LogP contribution in [0.15, 0.2) is 91.0 Å². The van der Waals surface area contributed by atoms with Gasteiger partial charge in [-0.1, -0.05) is 91.0 Å². The van der Waals surface area contributed by atoms with Gasteiger partial charge in [0.15, 0.2) is 0 Å². The van der Waals surface area contributed by atoms with Gasteiger partial charge < -0.3 is 9.64 Å². The van der Waals surface area contributed by atoms with Gasteiger partial charge in [-0.2, -0.15) is 0 Å². The van der Waals surface area contributed by atoms with Crippen molar-refractivity contribution in [3.05, 3.63) is 108 Å². The lowest BCUT2D eigenvalue weighted by Gasteiger charge is -2.40. The zero-order valence-corrected chi connectivity index (χ0v) is 17.6. The molecule has 0 unspecified atom stereocenters. The molecule has 158 valence electrons. The Kier molecular flexibility index (Phi) is 5.72. The van der Waals surface area contributed by atoms with Crippen molar-refractivity contribution in [3.63, 3.8) is 0 Å². The molecule has 0 radical (unpaired) electrons. The second kappa shape index (κ2) is 8.94. The van der Waals surface area contributed by atoms with Crippen molar-refractivity contribution in [1.29, 1.82) is 0 Å². The third kappa shape index (κ3) is 4.21. The largest absolute Gasteiger partial charge is 0.443 e. The Bertz CT molecular complexity index is 954. The molecule has 3 aromatic rings. The fraction of sp³-hybridized carbons (Fsp3) is 0.296. The van der Waals surface area contributed by atoms with Gasteiger partial charge in [0.2, 0.25) is 0 Å². The molecular formula is C27H28N2O2. The molecular weight excluding hydrogens is 384 g/mol. The van der Waals surface area contributed by atoms with E-state index in [4.69, 9.17) is 4.74 Å². The van der Waals surface area contributed by atoms with Crippen molar-refractivity contribution in [1.82, 2.24) is 9.80 Å². The Balaban J connectivity index is 1.32. The van der Waals surface area contributed by atoms with Gasteiger partial charge >= 0.3 is 6.09 Å². The van der Waals surface area contributed by atoms with Crippen LogP contribution in [0.4, 0.5) is 4.79 Å². The zero-order valence-electron chi connectivity index (χ0n) is 17.6. The number of piperidine rings is 1. The normalized spacial score (nSPS) is 21.2. The summed E-state index contributed by atoms with van der Waals surface area (Å²) < 4.78 is 5.86. The summed E-state index contributed by atoms with van der Waals surface area (Å²) in [5.74, 6) is 0. The van der Waals surface area contributed by atoms with E-state index in [1.807, 2.05) is 23.1 Å². The third-order valence-electron chi connectivity index (χ3n) is 6.52. The molecule has 2 aliphatic rings. The first-order valence-electron chi connectivity index (χ1n) is 11.1. The van der Waals surface area contributed by atoms with Crippen LogP contribution in [0.25, 0.3) is 0 Å². The quantitative estimate of drug-likeness (QED) is 0.576. The minimum absolute atomic E-state index is 0.0769. The maximum absolute atomic E-state index is 12.7. The van der Waals surface area contributed by atoms with Crippen LogP contribution in [0.2, 0.25) is 0 Å². The minimum atomic E-state index is -0.163. The molecule has 0 spiro atoms. The first kappa shape index (κ1) is 19.8. The maximum atomic E-state index is 12.7. The molecule has 0 bridgehead atoms. The van der Waals surface area contributed by atoms with Gasteiger partial charge in [-0.3, -0.25) is 4.90 Å². The van der Waals surface area contributed by atoms with Gasteiger partial charge in [0.1, 0.15) is 6.10 Å². The number of carbonyl (C=O) groups excluding carboxylic acids is 1. The minimum Gasteiger partial charge on any atom is -0.443 e. The highest BCUT2D eigenvalue weighted by Crippen LogP contribution is 2.35. The predicted octanol–water partition coefficient (Wildman–Crippen LogP) is 4.91. The Morgan fingerprint density at radius 2 is 1.42 bits per heavy atom. The van der Waals surface area contributed by atoms with E-state index in [-0.39, 0.29) is 24.3 Å². The number of likely N-dealkylation sites (tertiary alicyclic amines) is 1. The van der Waals surface area contributed by atoms with Crippen LogP contribution in [0.1, 0.15) is 29.2 Å². The first-order chi connectivity index (χ1) is 15.3. The van der Waals surface area contributed by atoms with Gasteiger partial charge in [-0.05, 0) is 29.5 Å². The van der Waals surface area contributed by atoms with Gasteiger partial charge in [0.05, 0.1) is 12.1 Å². The molecule has 0 aromatic heterocycles. The van der Waals surface area contributed by atoms with Crippen molar-refractivity contribution in [2.45, 2.75) is 31.0 Å². The van der Waals surface area contributed by atoms with E-state index < -0.39 is 0 Å². The molecule has 0 saturated carbocycles. The monoisotopic (exact) mass is 412 g/mol. The Labute approximate surface area is 184 Å². The lowest BCUT2D eigenvalue weighted by atomic mass is 9.92. The number of amides is 1. The molecule has 31 heavy (non-hydrogen) atoms. The number of rotatable bonds is 6. The lowest BCUT2D eigenvalue weighted by Crippen LogP contribution is -2.50. The smallest absolute Gasteiger partial charge is 0.410 e. The van der Waals surface area contributed by atoms with E-state index in [1.165, 1.54) is 16.7 Å². The van der Waals surface area contributed by atoms with E-state index >= 15 is 0 Å². The van der Waals surface area contributed by atoms with Crippen molar-refractivity contribution < 1.29 is 9.53 Å². The summed E-state index contributed by atoms with van der Waals surface area (Å²) in [5, 5.41) is 0. The Morgan fingerprint density at radius 3 is 2.03 bits per heavy atom. The number of carbonyl (C=O) groups is 1. The van der Waals surface area contributed by atoms with Gasteiger partial charge in [0.25, 0.3) is 0 Å². The number of ether oxygens (including phenoxy) is 1. The van der Waals surface area contributed by atoms with E-state index in [2.05, 4.69) is 77.7 Å². The summed E-state index contributed by atoms with van der Waals surface area (Å²) in [7, 11) is 0. The average Bonchev–Trinajstić information content (AvgIpc) is 3.14. The van der Waals surface area contributed by atoms with E-state index in [9.17, 15) is 4.79 Å². The van der Waals surface area contributed by atoms with Crippen molar-refractivity contribution in [3.8, 4) is 0 Å². The van der Waals surface area contributed by atoms with Crippen LogP contribution in [0.5, 0.6) is 0 Å². The van der Waals surface area contributed by atoms with E-state index in [0.29, 0.717) is 6.54 Å². The van der Waals surface area contributed by atoms with Crippen molar-refractivity contribution in [2.24, 2.45) is 0 Å². The third-order valence-corrected chi connectivity index (χ3v) is 6.52. The van der Waals surface area contributed by atoms with Crippen LogP contribution < -0.4 is 0 Å². The summed E-state index contributed by atoms with van der Waals surface area (Å²) in [6.45, 7) is 2.41. The summed E-state index contributed by atoms with van der Waals surface area (Å²) in [5.41, 5.74) is 3.80. The number of nitrogens with zero attached hydrogens (tertiary/aromatic N) is 2. The highest BCUT2D eigenvalue weighted by atomic mass is 16.6. The lowest BCUT2D eigenvalue weighted by molar-refractivity contribution is 0.0515. The van der Waals surface area contributed by atoms with Crippen molar-refractivity contribution >= 4 is 6.09 Å². The SMILES string of the molecule is O=C1O[C@H]2CN(C(c3ccccc3)c3ccccc3)CC[C@@H]2N1CCc1ccccc1. The predicted molar refractivity (Wildman–Crippen MR) is 122 cm³/mol. The molecule has 3 aromatic carbocycles. The molecule has 2 aliphatic heterocycles. The van der Waals surface area contributed by atoms with Gasteiger partial charge in [0, 0.05) is 19.6 Å². The summed E-state index contributed by atoms with van der Waals surface area (Å²) in [4.78, 5) is 17.1. The highest BCUT2D eigenvalue weighted by Gasteiger charge is 2.45. The second-order valence-electron chi connectivity index (χ2n) is 8.43. The molecule has 4 nitrogen and oxygen atoms in total. The summed E-state index contributed by atoms with van der Waals surface area (Å²) in [6.07, 6.45) is 1.55. The number of hydrogen-bond acceptors (Lipinski definition) is 3. The number of hydrogen-bond donors (Lipinski definition) is 0. The molecule has 2 heterocycles. The molecule has 2 fully saturated rings. The van der Waals surface area contributed by atoms with E-state index in [1.54, 1.807) is 0 Å². The average molecular weight is 413 g/mol. The maximum Gasteiger partial charge on any atom is 0.410 e. The fourth-order valence-electron chi connectivity index (χ4n) is 5.00. The zero-order chi connectivity index (χ0) is 21.0. The fourth-order valence-corrected chi connectivity index (χ4v) is 5.00. The topological polar surface area (TPSA) is 32.8 Å². The molecule has 0 aliphatic carbocycles. The standard InChI is InChI=1S/C27H28N2O2/c30-27-29(19-16-21-10-4-1-5-11-21)24-17-18-28(20-25(24)31-27)26(22-12-6-2-7-13-22)23-14-8-3-9-15-23/h1-15,24-26H,16-20H2/t24-,25-/m0/s1.